The van der Waals surface area contributed by atoms with Crippen molar-refractivity contribution in [3.05, 3.63) is 40.7 Å². The van der Waals surface area contributed by atoms with E-state index < -0.39 is 0 Å². The number of carbonyl (C=O) groups is 1. The minimum absolute atomic E-state index is 0.0183. The third-order valence-electron chi connectivity index (χ3n) is 5.16. The zero-order valence-corrected chi connectivity index (χ0v) is 15.3. The van der Waals surface area contributed by atoms with Gasteiger partial charge in [0.2, 0.25) is 5.91 Å². The summed E-state index contributed by atoms with van der Waals surface area (Å²) < 4.78 is 14.0. The molecule has 3 unspecified atom stereocenters. The molecule has 2 fully saturated rings. The second-order valence-electron chi connectivity index (χ2n) is 6.86. The molecule has 0 radical (unpaired) electrons. The van der Waals surface area contributed by atoms with E-state index in [-0.39, 0.29) is 23.7 Å². The van der Waals surface area contributed by atoms with Gasteiger partial charge in [0.25, 0.3) is 0 Å². The van der Waals surface area contributed by atoms with E-state index in [1.165, 1.54) is 17.4 Å². The van der Waals surface area contributed by atoms with Crippen LogP contribution in [0.1, 0.15) is 29.8 Å². The molecule has 1 amide bonds. The number of aryl methyl sites for hydroxylation is 1. The highest BCUT2D eigenvalue weighted by Gasteiger charge is 2.36. The van der Waals surface area contributed by atoms with E-state index in [4.69, 9.17) is 0 Å². The molecule has 8 heteroatoms. The van der Waals surface area contributed by atoms with E-state index >= 15 is 0 Å². The largest absolute Gasteiger partial charge is 0.351 e. The first-order chi connectivity index (χ1) is 12.6. The van der Waals surface area contributed by atoms with Gasteiger partial charge in [-0.3, -0.25) is 4.79 Å². The molecule has 4 rings (SSSR count). The number of thiazole rings is 1. The Labute approximate surface area is 155 Å². The number of benzene rings is 1. The molecule has 2 aromatic rings. The molecule has 138 valence electrons. The number of halogens is 1. The minimum Gasteiger partial charge on any atom is -0.351 e. The van der Waals surface area contributed by atoms with Crippen LogP contribution in [0.5, 0.6) is 0 Å². The molecule has 3 atom stereocenters. The molecule has 1 saturated heterocycles. The topological polar surface area (TPSA) is 78.1 Å². The van der Waals surface area contributed by atoms with E-state index in [0.717, 1.165) is 29.8 Å². The quantitative estimate of drug-likeness (QED) is 0.658. The van der Waals surface area contributed by atoms with Crippen molar-refractivity contribution in [3.8, 4) is 10.6 Å². The number of nitrogens with zero attached hydrogens (tertiary/aromatic N) is 1. The van der Waals surface area contributed by atoms with Crippen molar-refractivity contribution >= 4 is 17.2 Å². The average molecular weight is 375 g/mol. The predicted octanol–water partition coefficient (Wildman–Crippen LogP) is 2.02. The molecule has 2 heterocycles. The van der Waals surface area contributed by atoms with Crippen molar-refractivity contribution in [3.63, 3.8) is 0 Å². The van der Waals surface area contributed by atoms with Gasteiger partial charge in [-0.05, 0) is 38.3 Å². The van der Waals surface area contributed by atoms with Crippen LogP contribution >= 0.6 is 11.3 Å². The standard InChI is InChI=1S/C18H22FN5OS/c1-10-16(26-18(21-10)12-4-2-3-5-13(12)19)9-20-17(25)11-6-7-14-15(8-11)23-24-22-14/h2-5,11,14-15,22-24H,6-9H2,1H3,(H,20,25). The Balaban J connectivity index is 1.39. The molecular weight excluding hydrogens is 353 g/mol. The van der Waals surface area contributed by atoms with Crippen LogP contribution in [0.25, 0.3) is 10.6 Å². The Morgan fingerprint density at radius 1 is 1.31 bits per heavy atom. The number of hydrogen-bond acceptors (Lipinski definition) is 6. The fourth-order valence-electron chi connectivity index (χ4n) is 3.62. The lowest BCUT2D eigenvalue weighted by Crippen LogP contribution is -2.44. The fraction of sp³-hybridized carbons (Fsp3) is 0.444. The number of carbonyl (C=O) groups excluding carboxylic acids is 1. The number of nitrogens with one attached hydrogen (secondary N) is 4. The first-order valence-corrected chi connectivity index (χ1v) is 9.68. The van der Waals surface area contributed by atoms with Crippen LogP contribution in [0.3, 0.4) is 0 Å². The molecule has 1 aliphatic carbocycles. The van der Waals surface area contributed by atoms with Crippen LogP contribution in [-0.2, 0) is 11.3 Å². The van der Waals surface area contributed by atoms with Gasteiger partial charge in [0.15, 0.2) is 0 Å². The fourth-order valence-corrected chi connectivity index (χ4v) is 4.65. The highest BCUT2D eigenvalue weighted by Crippen LogP contribution is 2.30. The Morgan fingerprint density at radius 3 is 2.96 bits per heavy atom. The summed E-state index contributed by atoms with van der Waals surface area (Å²) in [6, 6.07) is 7.31. The van der Waals surface area contributed by atoms with Crippen molar-refractivity contribution < 1.29 is 9.18 Å². The molecule has 4 N–H and O–H groups in total. The number of aromatic nitrogens is 1. The molecule has 0 spiro atoms. The van der Waals surface area contributed by atoms with E-state index in [1.54, 1.807) is 18.2 Å². The molecule has 26 heavy (non-hydrogen) atoms. The highest BCUT2D eigenvalue weighted by atomic mass is 32.1. The Hall–Kier alpha value is -1.87. The number of amides is 1. The Kier molecular flexibility index (Phi) is 4.99. The van der Waals surface area contributed by atoms with Gasteiger partial charge in [-0.1, -0.05) is 12.1 Å². The molecule has 1 aromatic carbocycles. The highest BCUT2D eigenvalue weighted by molar-refractivity contribution is 7.15. The smallest absolute Gasteiger partial charge is 0.223 e. The van der Waals surface area contributed by atoms with Gasteiger partial charge in [-0.15, -0.1) is 11.3 Å². The van der Waals surface area contributed by atoms with Crippen LogP contribution in [0.2, 0.25) is 0 Å². The first kappa shape index (κ1) is 17.5. The molecule has 1 aliphatic heterocycles. The first-order valence-electron chi connectivity index (χ1n) is 8.87. The van der Waals surface area contributed by atoms with Gasteiger partial charge >= 0.3 is 0 Å². The summed E-state index contributed by atoms with van der Waals surface area (Å²) in [4.78, 5) is 18.0. The zero-order valence-electron chi connectivity index (χ0n) is 14.5. The molecule has 0 bridgehead atoms. The molecule has 6 nitrogen and oxygen atoms in total. The Morgan fingerprint density at radius 2 is 2.12 bits per heavy atom. The predicted molar refractivity (Wildman–Crippen MR) is 98.4 cm³/mol. The van der Waals surface area contributed by atoms with Gasteiger partial charge in [0.1, 0.15) is 10.8 Å². The van der Waals surface area contributed by atoms with Crippen molar-refractivity contribution in [1.29, 1.82) is 0 Å². The van der Waals surface area contributed by atoms with Gasteiger partial charge in [0, 0.05) is 28.4 Å². The maximum Gasteiger partial charge on any atom is 0.223 e. The second-order valence-corrected chi connectivity index (χ2v) is 7.95. The summed E-state index contributed by atoms with van der Waals surface area (Å²) >= 11 is 1.43. The van der Waals surface area contributed by atoms with Crippen LogP contribution in [0.4, 0.5) is 4.39 Å². The summed E-state index contributed by atoms with van der Waals surface area (Å²) in [5.41, 5.74) is 10.6. The summed E-state index contributed by atoms with van der Waals surface area (Å²) in [7, 11) is 0. The third-order valence-corrected chi connectivity index (χ3v) is 6.35. The van der Waals surface area contributed by atoms with Crippen molar-refractivity contribution in [2.75, 3.05) is 0 Å². The minimum atomic E-state index is -0.278. The van der Waals surface area contributed by atoms with Crippen molar-refractivity contribution in [1.82, 2.24) is 26.7 Å². The van der Waals surface area contributed by atoms with Crippen molar-refractivity contribution in [2.24, 2.45) is 5.92 Å². The van der Waals surface area contributed by atoms with E-state index in [9.17, 15) is 9.18 Å². The summed E-state index contributed by atoms with van der Waals surface area (Å²) in [5.74, 6) is -0.179. The van der Waals surface area contributed by atoms with Crippen LogP contribution < -0.4 is 21.7 Å². The van der Waals surface area contributed by atoms with Gasteiger partial charge in [-0.2, -0.15) is 5.53 Å². The summed E-state index contributed by atoms with van der Waals surface area (Å²) in [6.07, 6.45) is 2.67. The average Bonchev–Trinajstić information content (AvgIpc) is 3.25. The lowest BCUT2D eigenvalue weighted by Gasteiger charge is -2.29. The van der Waals surface area contributed by atoms with Crippen LogP contribution in [0.15, 0.2) is 24.3 Å². The maximum atomic E-state index is 14.0. The van der Waals surface area contributed by atoms with Crippen LogP contribution in [0, 0.1) is 18.7 Å². The summed E-state index contributed by atoms with van der Waals surface area (Å²) in [6.45, 7) is 2.33. The van der Waals surface area contributed by atoms with Gasteiger partial charge in [0.05, 0.1) is 12.2 Å². The SMILES string of the molecule is Cc1nc(-c2ccccc2F)sc1CNC(=O)C1CCC2NNNC2C1. The monoisotopic (exact) mass is 375 g/mol. The second kappa shape index (κ2) is 7.40. The van der Waals surface area contributed by atoms with Crippen molar-refractivity contribution in [2.45, 2.75) is 44.8 Å². The van der Waals surface area contributed by atoms with E-state index in [2.05, 4.69) is 26.7 Å². The number of rotatable bonds is 4. The molecule has 2 aliphatic rings. The number of fused-ring (bicyclic) bond motifs is 1. The maximum absolute atomic E-state index is 14.0. The zero-order chi connectivity index (χ0) is 18.1. The number of hydrogen-bond donors (Lipinski definition) is 4. The lowest BCUT2D eigenvalue weighted by molar-refractivity contribution is -0.126. The third kappa shape index (κ3) is 3.50. The summed E-state index contributed by atoms with van der Waals surface area (Å²) in [5, 5.41) is 3.69. The van der Waals surface area contributed by atoms with Crippen LogP contribution in [-0.4, -0.2) is 23.0 Å². The number of hydrazine groups is 2. The van der Waals surface area contributed by atoms with E-state index in [0.29, 0.717) is 23.2 Å². The molecule has 1 aromatic heterocycles. The normalized spacial score (nSPS) is 25.1. The van der Waals surface area contributed by atoms with Gasteiger partial charge in [-0.25, -0.2) is 20.2 Å². The molecular formula is C18H22FN5OS. The lowest BCUT2D eigenvalue weighted by atomic mass is 9.82. The molecule has 1 saturated carbocycles. The van der Waals surface area contributed by atoms with E-state index in [1.807, 2.05) is 6.92 Å². The van der Waals surface area contributed by atoms with Gasteiger partial charge < -0.3 is 5.32 Å². The Bertz CT molecular complexity index is 811.